The van der Waals surface area contributed by atoms with Crippen molar-refractivity contribution in [2.45, 2.75) is 55.8 Å². The second-order valence-electron chi connectivity index (χ2n) is 4.86. The lowest BCUT2D eigenvalue weighted by molar-refractivity contribution is 0.590. The van der Waals surface area contributed by atoms with Crippen LogP contribution in [-0.4, -0.2) is 24.7 Å². The summed E-state index contributed by atoms with van der Waals surface area (Å²) in [5.74, 6) is 2.36. The number of nitrogens with two attached hydrogens (primary N) is 1. The number of hydrogen-bond donors (Lipinski definition) is 1. The van der Waals surface area contributed by atoms with Crippen LogP contribution in [0.25, 0.3) is 0 Å². The number of nitrogens with zero attached hydrogens (tertiary/aromatic N) is 5. The van der Waals surface area contributed by atoms with Crippen molar-refractivity contribution in [3.63, 3.8) is 0 Å². The SMILES string of the molecule is CCc1nc(N)cc(Sc2nnc3n2CCCCC3)n1. The molecular formula is C13H18N6S. The molecule has 2 aromatic rings. The molecule has 0 bridgehead atoms. The van der Waals surface area contributed by atoms with Gasteiger partial charge in [0.05, 0.1) is 0 Å². The van der Waals surface area contributed by atoms with Gasteiger partial charge in [-0.05, 0) is 24.6 Å². The van der Waals surface area contributed by atoms with Gasteiger partial charge in [0, 0.05) is 25.5 Å². The summed E-state index contributed by atoms with van der Waals surface area (Å²) in [5, 5.41) is 10.3. The third kappa shape index (κ3) is 2.77. The zero-order valence-corrected chi connectivity index (χ0v) is 12.4. The minimum atomic E-state index is 0.509. The number of hydrogen-bond acceptors (Lipinski definition) is 6. The van der Waals surface area contributed by atoms with Gasteiger partial charge in [0.25, 0.3) is 0 Å². The van der Waals surface area contributed by atoms with E-state index in [0.717, 1.165) is 41.2 Å². The van der Waals surface area contributed by atoms with Crippen LogP contribution in [0.15, 0.2) is 16.2 Å². The van der Waals surface area contributed by atoms with Crippen LogP contribution in [-0.2, 0) is 19.4 Å². The van der Waals surface area contributed by atoms with Crippen LogP contribution in [0.1, 0.15) is 37.8 Å². The zero-order valence-electron chi connectivity index (χ0n) is 11.5. The molecule has 1 aliphatic rings. The van der Waals surface area contributed by atoms with Gasteiger partial charge in [0.15, 0.2) is 5.16 Å². The van der Waals surface area contributed by atoms with Crippen LogP contribution in [0.2, 0.25) is 0 Å². The summed E-state index contributed by atoms with van der Waals surface area (Å²) in [6.07, 6.45) is 5.43. The minimum absolute atomic E-state index is 0.509. The summed E-state index contributed by atoms with van der Waals surface area (Å²) in [4.78, 5) is 8.68. The molecule has 2 N–H and O–H groups in total. The number of rotatable bonds is 3. The van der Waals surface area contributed by atoms with Crippen molar-refractivity contribution >= 4 is 17.6 Å². The Bertz CT molecular complexity index is 609. The van der Waals surface area contributed by atoms with Gasteiger partial charge in [-0.1, -0.05) is 13.3 Å². The first-order chi connectivity index (χ1) is 9.76. The van der Waals surface area contributed by atoms with Crippen molar-refractivity contribution in [2.24, 2.45) is 0 Å². The Morgan fingerprint density at radius 1 is 1.25 bits per heavy atom. The third-order valence-electron chi connectivity index (χ3n) is 3.36. The fourth-order valence-corrected chi connectivity index (χ4v) is 3.24. The summed E-state index contributed by atoms with van der Waals surface area (Å²) in [6.45, 7) is 3.01. The Labute approximate surface area is 122 Å². The maximum atomic E-state index is 5.82. The van der Waals surface area contributed by atoms with E-state index >= 15 is 0 Å². The second-order valence-corrected chi connectivity index (χ2v) is 5.85. The lowest BCUT2D eigenvalue weighted by Crippen LogP contribution is -2.03. The van der Waals surface area contributed by atoms with E-state index in [1.54, 1.807) is 6.07 Å². The van der Waals surface area contributed by atoms with Gasteiger partial charge >= 0.3 is 0 Å². The van der Waals surface area contributed by atoms with E-state index in [4.69, 9.17) is 5.73 Å². The molecule has 0 fully saturated rings. The standard InChI is InChI=1S/C13H18N6S/c1-2-10-15-9(14)8-12(16-10)20-13-18-17-11-6-4-3-5-7-19(11)13/h8H,2-7H2,1H3,(H2,14,15,16). The summed E-state index contributed by atoms with van der Waals surface area (Å²) in [6, 6.07) is 1.79. The molecule has 0 amide bonds. The normalized spacial score (nSPS) is 14.8. The Morgan fingerprint density at radius 2 is 2.15 bits per heavy atom. The molecule has 0 spiro atoms. The fraction of sp³-hybridized carbons (Fsp3) is 0.538. The zero-order chi connectivity index (χ0) is 13.9. The van der Waals surface area contributed by atoms with E-state index in [1.807, 2.05) is 6.92 Å². The van der Waals surface area contributed by atoms with Crippen LogP contribution in [0.4, 0.5) is 5.82 Å². The molecule has 3 heterocycles. The summed E-state index contributed by atoms with van der Waals surface area (Å²) >= 11 is 1.52. The van der Waals surface area contributed by atoms with Gasteiger partial charge in [-0.3, -0.25) is 0 Å². The third-order valence-corrected chi connectivity index (χ3v) is 4.26. The van der Waals surface area contributed by atoms with E-state index in [-0.39, 0.29) is 0 Å². The van der Waals surface area contributed by atoms with Crippen LogP contribution in [0, 0.1) is 0 Å². The molecule has 0 saturated carbocycles. The summed E-state index contributed by atoms with van der Waals surface area (Å²) in [7, 11) is 0. The predicted octanol–water partition coefficient (Wildman–Crippen LogP) is 2.09. The number of anilines is 1. The van der Waals surface area contributed by atoms with E-state index in [1.165, 1.54) is 31.0 Å². The number of fused-ring (bicyclic) bond motifs is 1. The van der Waals surface area contributed by atoms with Crippen molar-refractivity contribution in [2.75, 3.05) is 5.73 Å². The van der Waals surface area contributed by atoms with Crippen molar-refractivity contribution in [3.05, 3.63) is 17.7 Å². The van der Waals surface area contributed by atoms with Crippen molar-refractivity contribution in [3.8, 4) is 0 Å². The molecule has 0 aromatic carbocycles. The van der Waals surface area contributed by atoms with Crippen LogP contribution >= 0.6 is 11.8 Å². The lowest BCUT2D eigenvalue weighted by Gasteiger charge is -2.07. The first-order valence-electron chi connectivity index (χ1n) is 6.99. The Balaban J connectivity index is 1.88. The van der Waals surface area contributed by atoms with Crippen LogP contribution < -0.4 is 5.73 Å². The average molecular weight is 290 g/mol. The van der Waals surface area contributed by atoms with Crippen molar-refractivity contribution in [1.82, 2.24) is 24.7 Å². The Morgan fingerprint density at radius 3 is 3.00 bits per heavy atom. The number of aryl methyl sites for hydroxylation is 2. The highest BCUT2D eigenvalue weighted by Gasteiger charge is 2.16. The molecule has 0 radical (unpaired) electrons. The predicted molar refractivity (Wildman–Crippen MR) is 77.5 cm³/mol. The summed E-state index contributed by atoms with van der Waals surface area (Å²) < 4.78 is 2.21. The summed E-state index contributed by atoms with van der Waals surface area (Å²) in [5.41, 5.74) is 5.82. The Hall–Kier alpha value is -1.63. The molecular weight excluding hydrogens is 272 g/mol. The van der Waals surface area contributed by atoms with Gasteiger partial charge in [-0.2, -0.15) is 0 Å². The molecule has 0 unspecified atom stereocenters. The van der Waals surface area contributed by atoms with Gasteiger partial charge in [-0.25, -0.2) is 9.97 Å². The van der Waals surface area contributed by atoms with E-state index in [0.29, 0.717) is 5.82 Å². The molecule has 0 atom stereocenters. The number of aromatic nitrogens is 5. The molecule has 1 aliphatic heterocycles. The van der Waals surface area contributed by atoms with Gasteiger partial charge in [0.1, 0.15) is 22.5 Å². The first-order valence-corrected chi connectivity index (χ1v) is 7.81. The minimum Gasteiger partial charge on any atom is -0.384 e. The Kier molecular flexibility index (Phi) is 3.86. The fourth-order valence-electron chi connectivity index (χ4n) is 2.33. The van der Waals surface area contributed by atoms with Crippen LogP contribution in [0.3, 0.4) is 0 Å². The molecule has 3 rings (SSSR count). The van der Waals surface area contributed by atoms with E-state index < -0.39 is 0 Å². The van der Waals surface area contributed by atoms with Crippen molar-refractivity contribution in [1.29, 1.82) is 0 Å². The van der Waals surface area contributed by atoms with E-state index in [9.17, 15) is 0 Å². The quantitative estimate of drug-likeness (QED) is 0.872. The van der Waals surface area contributed by atoms with Crippen molar-refractivity contribution < 1.29 is 0 Å². The highest BCUT2D eigenvalue weighted by molar-refractivity contribution is 7.99. The molecule has 20 heavy (non-hydrogen) atoms. The topological polar surface area (TPSA) is 82.5 Å². The van der Waals surface area contributed by atoms with Gasteiger partial charge in [0.2, 0.25) is 0 Å². The van der Waals surface area contributed by atoms with Gasteiger partial charge in [-0.15, -0.1) is 10.2 Å². The highest BCUT2D eigenvalue weighted by atomic mass is 32.2. The highest BCUT2D eigenvalue weighted by Crippen LogP contribution is 2.28. The maximum Gasteiger partial charge on any atom is 0.197 e. The molecule has 7 heteroatoms. The van der Waals surface area contributed by atoms with Crippen LogP contribution in [0.5, 0.6) is 0 Å². The molecule has 0 saturated heterocycles. The molecule has 106 valence electrons. The number of nitrogen functional groups attached to an aromatic ring is 1. The average Bonchev–Trinajstić information content (AvgIpc) is 2.67. The molecule has 0 aliphatic carbocycles. The van der Waals surface area contributed by atoms with Gasteiger partial charge < -0.3 is 10.3 Å². The maximum absolute atomic E-state index is 5.82. The second kappa shape index (κ2) is 5.78. The first kappa shape index (κ1) is 13.4. The molecule has 6 nitrogen and oxygen atoms in total. The largest absolute Gasteiger partial charge is 0.384 e. The smallest absolute Gasteiger partial charge is 0.197 e. The lowest BCUT2D eigenvalue weighted by atomic mass is 10.2. The monoisotopic (exact) mass is 290 g/mol. The molecule has 2 aromatic heterocycles. The van der Waals surface area contributed by atoms with E-state index in [2.05, 4.69) is 24.7 Å².